The molecule has 3 rings (SSSR count). The number of hydrogen-bond donors (Lipinski definition) is 1. The van der Waals surface area contributed by atoms with Gasteiger partial charge in [0.1, 0.15) is 0 Å². The van der Waals surface area contributed by atoms with E-state index in [9.17, 15) is 0 Å². The molecule has 1 N–H and O–H groups in total. The van der Waals surface area contributed by atoms with Gasteiger partial charge < -0.3 is 5.11 Å². The third kappa shape index (κ3) is 0.260. The van der Waals surface area contributed by atoms with Gasteiger partial charge in [0.25, 0.3) is 0 Å². The predicted octanol–water partition coefficient (Wildman–Crippen LogP) is 1.02. The lowest BCUT2D eigenvalue weighted by molar-refractivity contribution is -0.305. The van der Waals surface area contributed by atoms with Crippen molar-refractivity contribution in [3.8, 4) is 0 Å². The molecule has 3 saturated carbocycles. The fraction of sp³-hybridized carbons (Fsp3) is 1.00. The third-order valence-corrected chi connectivity index (χ3v) is 4.26. The molecule has 0 aromatic heterocycles. The summed E-state index contributed by atoms with van der Waals surface area (Å²) in [4.78, 5) is 0. The summed E-state index contributed by atoms with van der Waals surface area (Å²) in [6.45, 7) is 0.493. The van der Waals surface area contributed by atoms with E-state index < -0.39 is 0 Å². The maximum Gasteiger partial charge on any atom is 0.0495 e. The van der Waals surface area contributed by atoms with Gasteiger partial charge in [-0.1, -0.05) is 0 Å². The van der Waals surface area contributed by atoms with E-state index in [2.05, 4.69) is 0 Å². The van der Waals surface area contributed by atoms with Gasteiger partial charge in [0.2, 0.25) is 0 Å². The van der Waals surface area contributed by atoms with E-state index in [1.807, 2.05) is 0 Å². The molecular formula is C8H12O. The molecule has 0 spiro atoms. The fourth-order valence-corrected chi connectivity index (χ4v) is 3.54. The minimum Gasteiger partial charge on any atom is -0.396 e. The van der Waals surface area contributed by atoms with E-state index in [-0.39, 0.29) is 0 Å². The molecule has 3 fully saturated rings. The Kier molecular flexibility index (Phi) is 0.563. The van der Waals surface area contributed by atoms with E-state index >= 15 is 0 Å². The average molecular weight is 124 g/mol. The smallest absolute Gasteiger partial charge is 0.0495 e. The van der Waals surface area contributed by atoms with Crippen LogP contribution in [0, 0.1) is 23.2 Å². The van der Waals surface area contributed by atoms with Crippen LogP contribution in [-0.2, 0) is 0 Å². The minimum atomic E-state index is 0.493. The second kappa shape index (κ2) is 1.07. The Hall–Kier alpha value is -0.0400. The first kappa shape index (κ1) is 4.73. The summed E-state index contributed by atoms with van der Waals surface area (Å²) in [6.07, 6.45) is 4.32. The van der Waals surface area contributed by atoms with Crippen LogP contribution >= 0.6 is 0 Å². The van der Waals surface area contributed by atoms with E-state index in [4.69, 9.17) is 5.11 Å². The van der Waals surface area contributed by atoms with Crippen molar-refractivity contribution in [2.24, 2.45) is 23.2 Å². The summed E-state index contributed by atoms with van der Waals surface area (Å²) in [5, 5.41) is 9.07. The highest BCUT2D eigenvalue weighted by atomic mass is 16.3. The van der Waals surface area contributed by atoms with Gasteiger partial charge in [0.15, 0.2) is 0 Å². The van der Waals surface area contributed by atoms with Crippen LogP contribution < -0.4 is 0 Å². The van der Waals surface area contributed by atoms with Gasteiger partial charge in [0.05, 0.1) is 0 Å². The summed E-state index contributed by atoms with van der Waals surface area (Å²) >= 11 is 0. The highest BCUT2D eigenvalue weighted by Crippen LogP contribution is 2.78. The third-order valence-electron chi connectivity index (χ3n) is 4.26. The van der Waals surface area contributed by atoms with Crippen LogP contribution in [0.3, 0.4) is 0 Å². The van der Waals surface area contributed by atoms with Gasteiger partial charge in [-0.3, -0.25) is 0 Å². The van der Waals surface area contributed by atoms with Gasteiger partial charge in [0, 0.05) is 12.0 Å². The second-order valence-electron chi connectivity index (χ2n) is 4.07. The van der Waals surface area contributed by atoms with Crippen LogP contribution in [0.1, 0.15) is 19.3 Å². The molecule has 0 heterocycles. The van der Waals surface area contributed by atoms with Crippen molar-refractivity contribution in [2.75, 3.05) is 6.61 Å². The maximum atomic E-state index is 9.07. The van der Waals surface area contributed by atoms with Crippen LogP contribution in [0.25, 0.3) is 0 Å². The van der Waals surface area contributed by atoms with Gasteiger partial charge in [-0.2, -0.15) is 0 Å². The number of aliphatic hydroxyl groups excluding tert-OH is 1. The van der Waals surface area contributed by atoms with Crippen LogP contribution in [0.2, 0.25) is 0 Å². The highest BCUT2D eigenvalue weighted by molar-refractivity contribution is 5.21. The largest absolute Gasteiger partial charge is 0.396 e. The molecule has 3 aliphatic rings. The number of aliphatic hydroxyl groups is 1. The van der Waals surface area contributed by atoms with Crippen molar-refractivity contribution < 1.29 is 5.11 Å². The van der Waals surface area contributed by atoms with E-state index in [1.165, 1.54) is 19.3 Å². The Morgan fingerprint density at radius 2 is 1.56 bits per heavy atom. The predicted molar refractivity (Wildman–Crippen MR) is 33.8 cm³/mol. The molecule has 1 nitrogen and oxygen atoms in total. The van der Waals surface area contributed by atoms with Gasteiger partial charge in [-0.05, 0) is 37.0 Å². The molecule has 0 atom stereocenters. The number of rotatable bonds is 1. The van der Waals surface area contributed by atoms with E-state index in [0.29, 0.717) is 12.0 Å². The molecule has 0 aromatic rings. The van der Waals surface area contributed by atoms with Gasteiger partial charge >= 0.3 is 0 Å². The Morgan fingerprint density at radius 1 is 1.11 bits per heavy atom. The van der Waals surface area contributed by atoms with Crippen molar-refractivity contribution >= 4 is 0 Å². The van der Waals surface area contributed by atoms with Crippen LogP contribution in [-0.4, -0.2) is 11.7 Å². The molecule has 0 aliphatic heterocycles. The van der Waals surface area contributed by atoms with Gasteiger partial charge in [-0.25, -0.2) is 0 Å². The second-order valence-corrected chi connectivity index (χ2v) is 4.07. The minimum absolute atomic E-state index is 0.493. The van der Waals surface area contributed by atoms with Crippen molar-refractivity contribution in [2.45, 2.75) is 19.3 Å². The fourth-order valence-electron chi connectivity index (χ4n) is 3.54. The van der Waals surface area contributed by atoms with Crippen LogP contribution in [0.15, 0.2) is 0 Å². The SMILES string of the molecule is OCC12C3CC1CC2C3. The first-order valence-corrected chi connectivity index (χ1v) is 3.99. The van der Waals surface area contributed by atoms with Gasteiger partial charge in [-0.15, -0.1) is 0 Å². The molecular weight excluding hydrogens is 112 g/mol. The summed E-state index contributed by atoms with van der Waals surface area (Å²) < 4.78 is 0. The number of hydrogen-bond acceptors (Lipinski definition) is 1. The summed E-state index contributed by atoms with van der Waals surface area (Å²) in [5.41, 5.74) is 0.514. The zero-order valence-electron chi connectivity index (χ0n) is 5.51. The average Bonchev–Trinajstić information content (AvgIpc) is 1.91. The standard InChI is InChI=1S/C8H12O/c9-4-8-5-1-6(8)3-7(8)2-5/h5-7,9H,1-4H2. The van der Waals surface area contributed by atoms with Crippen molar-refractivity contribution in [3.63, 3.8) is 0 Å². The lowest BCUT2D eigenvalue weighted by atomic mass is 9.28. The molecule has 0 saturated heterocycles. The molecule has 0 unspecified atom stereocenters. The quantitative estimate of drug-likeness (QED) is 0.553. The Morgan fingerprint density at radius 3 is 1.67 bits per heavy atom. The first-order chi connectivity index (χ1) is 4.38. The molecule has 0 aromatic carbocycles. The Balaban J connectivity index is 1.95. The lowest BCUT2D eigenvalue weighted by Gasteiger charge is -2.77. The molecule has 0 amide bonds. The van der Waals surface area contributed by atoms with E-state index in [1.54, 1.807) is 0 Å². The Bertz CT molecular complexity index is 131. The van der Waals surface area contributed by atoms with Crippen LogP contribution in [0.4, 0.5) is 0 Å². The molecule has 9 heavy (non-hydrogen) atoms. The zero-order valence-corrected chi connectivity index (χ0v) is 5.51. The monoisotopic (exact) mass is 124 g/mol. The molecule has 3 aliphatic carbocycles. The summed E-state index contributed by atoms with van der Waals surface area (Å²) in [5.74, 6) is 2.85. The topological polar surface area (TPSA) is 20.2 Å². The molecule has 50 valence electrons. The zero-order chi connectivity index (χ0) is 6.06. The first-order valence-electron chi connectivity index (χ1n) is 3.99. The lowest BCUT2D eigenvalue weighted by Crippen LogP contribution is -2.72. The van der Waals surface area contributed by atoms with E-state index in [0.717, 1.165) is 17.8 Å². The summed E-state index contributed by atoms with van der Waals surface area (Å²) in [6, 6.07) is 0. The summed E-state index contributed by atoms with van der Waals surface area (Å²) in [7, 11) is 0. The molecule has 0 bridgehead atoms. The maximum absolute atomic E-state index is 9.07. The van der Waals surface area contributed by atoms with Crippen molar-refractivity contribution in [1.29, 1.82) is 0 Å². The van der Waals surface area contributed by atoms with Crippen LogP contribution in [0.5, 0.6) is 0 Å². The molecule has 0 radical (unpaired) electrons. The normalized spacial score (nSPS) is 67.0. The highest BCUT2D eigenvalue weighted by Gasteiger charge is 2.73. The Labute approximate surface area is 55.1 Å². The van der Waals surface area contributed by atoms with Crippen molar-refractivity contribution in [3.05, 3.63) is 0 Å². The molecule has 1 heteroatoms. The van der Waals surface area contributed by atoms with Crippen molar-refractivity contribution in [1.82, 2.24) is 0 Å².